The number of nitrogens with one attached hydrogen (secondary N) is 1. The molecule has 0 spiro atoms. The van der Waals surface area contributed by atoms with E-state index in [2.05, 4.69) is 15.3 Å². The van der Waals surface area contributed by atoms with Crippen LogP contribution in [0, 0.1) is 11.3 Å². The first-order valence-electron chi connectivity index (χ1n) is 10.5. The minimum absolute atomic E-state index is 0.253. The summed E-state index contributed by atoms with van der Waals surface area (Å²) in [6.45, 7) is 4.73. The molecule has 2 amide bonds. The second-order valence-corrected chi connectivity index (χ2v) is 8.33. The van der Waals surface area contributed by atoms with Gasteiger partial charge < -0.3 is 10.1 Å². The molecular weight excluding hydrogens is 477 g/mol. The van der Waals surface area contributed by atoms with Crippen LogP contribution in [0.4, 0.5) is 29.3 Å². The number of amides is 2. The van der Waals surface area contributed by atoms with Crippen LogP contribution in [0.1, 0.15) is 31.9 Å². The average Bonchev–Trinajstić information content (AvgIpc) is 2.80. The summed E-state index contributed by atoms with van der Waals surface area (Å²) in [6, 6.07) is 12.0. The van der Waals surface area contributed by atoms with Gasteiger partial charge >= 0.3 is 18.2 Å². The van der Waals surface area contributed by atoms with Crippen LogP contribution in [0.2, 0.25) is 0 Å². The molecule has 36 heavy (non-hydrogen) atoms. The molecule has 0 aromatic heterocycles. The Labute approximate surface area is 206 Å². The van der Waals surface area contributed by atoms with Crippen molar-refractivity contribution in [3.05, 3.63) is 59.7 Å². The fourth-order valence-electron chi connectivity index (χ4n) is 2.79. The highest BCUT2D eigenvalue weighted by molar-refractivity contribution is 6.43. The number of hydrazine groups is 1. The summed E-state index contributed by atoms with van der Waals surface area (Å²) in [6.07, 6.45) is -4.68. The maximum Gasteiger partial charge on any atom is 0.434 e. The van der Waals surface area contributed by atoms with Crippen molar-refractivity contribution in [1.29, 1.82) is 5.26 Å². The lowest BCUT2D eigenvalue weighted by Gasteiger charge is -2.33. The number of benzene rings is 2. The van der Waals surface area contributed by atoms with Crippen molar-refractivity contribution in [3.63, 3.8) is 0 Å². The van der Waals surface area contributed by atoms with Crippen molar-refractivity contribution in [1.82, 2.24) is 5.01 Å². The Hall–Kier alpha value is -4.40. The van der Waals surface area contributed by atoms with E-state index in [-0.39, 0.29) is 11.5 Å². The number of nitrogens with zero attached hydrogens (tertiary/aromatic N) is 5. The van der Waals surface area contributed by atoms with E-state index in [0.717, 1.165) is 29.5 Å². The minimum atomic E-state index is -4.68. The molecule has 1 N–H and O–H groups in total. The molecule has 2 aromatic carbocycles. The van der Waals surface area contributed by atoms with E-state index in [9.17, 15) is 22.8 Å². The summed E-state index contributed by atoms with van der Waals surface area (Å²) in [5, 5.41) is 13.2. The van der Waals surface area contributed by atoms with Crippen LogP contribution in [-0.4, -0.2) is 48.9 Å². The number of alkyl halides is 3. The Morgan fingerprint density at radius 1 is 1.11 bits per heavy atom. The molecule has 0 saturated carbocycles. The highest BCUT2D eigenvalue weighted by Crippen LogP contribution is 2.32. The molecule has 0 saturated heterocycles. The molecule has 2 aromatic rings. The number of hydrogen-bond acceptors (Lipinski definition) is 5. The summed E-state index contributed by atoms with van der Waals surface area (Å²) in [5.41, 5.74) is -1.50. The molecular formula is C24H25F3N6O3. The van der Waals surface area contributed by atoms with E-state index in [0.29, 0.717) is 16.3 Å². The van der Waals surface area contributed by atoms with Gasteiger partial charge in [-0.25, -0.2) is 14.8 Å². The molecule has 190 valence electrons. The summed E-state index contributed by atoms with van der Waals surface area (Å²) in [5.74, 6) is -1.18. The number of likely N-dealkylation sites (N-methyl/N-ethyl adjacent to an activating group) is 1. The molecule has 0 aliphatic carbocycles. The van der Waals surface area contributed by atoms with Crippen LogP contribution in [0.15, 0.2) is 58.5 Å². The maximum atomic E-state index is 13.4. The number of rotatable bonds is 3. The lowest BCUT2D eigenvalue weighted by molar-refractivity contribution is -0.137. The van der Waals surface area contributed by atoms with E-state index in [1.165, 1.54) is 44.4 Å². The summed E-state index contributed by atoms with van der Waals surface area (Å²) in [4.78, 5) is 34.1. The van der Waals surface area contributed by atoms with Gasteiger partial charge in [-0.1, -0.05) is 6.07 Å². The number of hydrogen-bond donors (Lipinski definition) is 1. The van der Waals surface area contributed by atoms with E-state index in [1.807, 2.05) is 6.07 Å². The SMILES string of the molecule is CN=CN=C(Nc1ccc(C#N)cc1)C(=O)N(C)N(C(=O)OC(C)(C)C)c1cccc(C(F)(F)F)c1. The minimum Gasteiger partial charge on any atom is -0.442 e. The van der Waals surface area contributed by atoms with Crippen molar-refractivity contribution in [2.45, 2.75) is 32.5 Å². The number of carbonyl (C=O) groups is 2. The summed E-state index contributed by atoms with van der Waals surface area (Å²) < 4.78 is 45.4. The smallest absolute Gasteiger partial charge is 0.434 e. The van der Waals surface area contributed by atoms with Gasteiger partial charge in [0, 0.05) is 19.8 Å². The Morgan fingerprint density at radius 2 is 1.75 bits per heavy atom. The second kappa shape index (κ2) is 11.4. The van der Waals surface area contributed by atoms with Gasteiger partial charge in [0.2, 0.25) is 0 Å². The van der Waals surface area contributed by atoms with Gasteiger partial charge in [-0.05, 0) is 63.2 Å². The lowest BCUT2D eigenvalue weighted by atomic mass is 10.2. The Balaban J connectivity index is 2.51. The Morgan fingerprint density at radius 3 is 2.28 bits per heavy atom. The highest BCUT2D eigenvalue weighted by Gasteiger charge is 2.35. The van der Waals surface area contributed by atoms with Crippen molar-refractivity contribution in [2.24, 2.45) is 9.98 Å². The van der Waals surface area contributed by atoms with Crippen molar-refractivity contribution in [2.75, 3.05) is 24.4 Å². The third kappa shape index (κ3) is 7.56. The number of nitriles is 1. The molecule has 0 radical (unpaired) electrons. The average molecular weight is 502 g/mol. The molecule has 0 heterocycles. The zero-order valence-corrected chi connectivity index (χ0v) is 20.3. The first kappa shape index (κ1) is 27.8. The van der Waals surface area contributed by atoms with Crippen molar-refractivity contribution >= 4 is 35.5 Å². The van der Waals surface area contributed by atoms with E-state index >= 15 is 0 Å². The van der Waals surface area contributed by atoms with Gasteiger partial charge in [-0.2, -0.15) is 23.4 Å². The molecule has 0 atom stereocenters. The number of aliphatic imine (C=N–C) groups is 2. The van der Waals surface area contributed by atoms with Gasteiger partial charge in [0.1, 0.15) is 11.9 Å². The van der Waals surface area contributed by atoms with Crippen LogP contribution in [-0.2, 0) is 15.7 Å². The predicted molar refractivity (Wildman–Crippen MR) is 130 cm³/mol. The lowest BCUT2D eigenvalue weighted by Crippen LogP contribution is -2.52. The number of halogens is 3. The summed E-state index contributed by atoms with van der Waals surface area (Å²) >= 11 is 0. The summed E-state index contributed by atoms with van der Waals surface area (Å²) in [7, 11) is 2.61. The fraction of sp³-hybridized carbons (Fsp3) is 0.292. The van der Waals surface area contributed by atoms with Gasteiger partial charge in [-0.15, -0.1) is 0 Å². The van der Waals surface area contributed by atoms with Gasteiger partial charge in [0.15, 0.2) is 5.84 Å². The zero-order chi connectivity index (χ0) is 27.1. The van der Waals surface area contributed by atoms with Crippen LogP contribution in [0.25, 0.3) is 0 Å². The zero-order valence-electron chi connectivity index (χ0n) is 20.3. The molecule has 9 nitrogen and oxygen atoms in total. The van der Waals surface area contributed by atoms with E-state index in [1.54, 1.807) is 20.8 Å². The standard InChI is InChI=1S/C24H25F3N6O3/c1-23(2,3)36-22(35)33(19-8-6-7-17(13-19)24(25,26)27)32(5)21(34)20(30-15-29-4)31-18-11-9-16(14-28)10-12-18/h6-13,15H,1-5H3,(H,29,30,31). The van der Waals surface area contributed by atoms with E-state index < -0.39 is 29.3 Å². The quantitative estimate of drug-likeness (QED) is 0.366. The van der Waals surface area contributed by atoms with Crippen LogP contribution >= 0.6 is 0 Å². The first-order valence-corrected chi connectivity index (χ1v) is 10.5. The normalized spacial score (nSPS) is 12.1. The molecule has 0 fully saturated rings. The largest absolute Gasteiger partial charge is 0.442 e. The van der Waals surface area contributed by atoms with Crippen LogP contribution in [0.5, 0.6) is 0 Å². The Bertz CT molecular complexity index is 1200. The maximum absolute atomic E-state index is 13.4. The highest BCUT2D eigenvalue weighted by atomic mass is 19.4. The van der Waals surface area contributed by atoms with Crippen LogP contribution in [0.3, 0.4) is 0 Å². The number of anilines is 2. The van der Waals surface area contributed by atoms with Gasteiger partial charge in [0.25, 0.3) is 0 Å². The van der Waals surface area contributed by atoms with Gasteiger partial charge in [-0.3, -0.25) is 9.79 Å². The van der Waals surface area contributed by atoms with Crippen molar-refractivity contribution in [3.8, 4) is 6.07 Å². The van der Waals surface area contributed by atoms with Crippen molar-refractivity contribution < 1.29 is 27.5 Å². The molecule has 0 unspecified atom stereocenters. The van der Waals surface area contributed by atoms with Crippen LogP contribution < -0.4 is 10.3 Å². The molecule has 0 aliphatic rings. The number of amidine groups is 1. The molecule has 2 rings (SSSR count). The molecule has 0 aliphatic heterocycles. The first-order chi connectivity index (χ1) is 16.8. The molecule has 0 bridgehead atoms. The number of carbonyl (C=O) groups excluding carboxylic acids is 2. The third-order valence-corrected chi connectivity index (χ3v) is 4.36. The van der Waals surface area contributed by atoms with Gasteiger partial charge in [0.05, 0.1) is 22.9 Å². The third-order valence-electron chi connectivity index (χ3n) is 4.36. The Kier molecular flexibility index (Phi) is 8.78. The molecule has 12 heteroatoms. The van der Waals surface area contributed by atoms with E-state index in [4.69, 9.17) is 10.00 Å². The number of ether oxygens (including phenoxy) is 1. The second-order valence-electron chi connectivity index (χ2n) is 8.33. The monoisotopic (exact) mass is 502 g/mol. The predicted octanol–water partition coefficient (Wildman–Crippen LogP) is 4.86. The topological polar surface area (TPSA) is 110 Å². The fourth-order valence-corrected chi connectivity index (χ4v) is 2.79.